The average molecular weight is 352 g/mol. The lowest BCUT2D eigenvalue weighted by atomic mass is 10.1. The summed E-state index contributed by atoms with van der Waals surface area (Å²) < 4.78 is 5.84. The van der Waals surface area contributed by atoms with E-state index in [9.17, 15) is 4.79 Å². The van der Waals surface area contributed by atoms with Crippen molar-refractivity contribution in [2.75, 3.05) is 41.3 Å². The summed E-state index contributed by atoms with van der Waals surface area (Å²) in [6.45, 7) is 2.27. The molecule has 0 fully saturated rings. The van der Waals surface area contributed by atoms with Crippen molar-refractivity contribution in [2.45, 2.75) is 6.54 Å². The number of ketones is 1. The van der Waals surface area contributed by atoms with Gasteiger partial charge in [-0.1, -0.05) is 36.4 Å². The van der Waals surface area contributed by atoms with Crippen LogP contribution in [0.15, 0.2) is 54.6 Å². The molecule has 138 valence electrons. The lowest BCUT2D eigenvalue weighted by Crippen LogP contribution is -2.19. The summed E-state index contributed by atoms with van der Waals surface area (Å²) in [5.74, 6) is 0.786. The molecule has 0 bridgehead atoms. The lowest BCUT2D eigenvalue weighted by Gasteiger charge is -2.12. The van der Waals surface area contributed by atoms with E-state index < -0.39 is 0 Å². The number of benzene rings is 2. The van der Waals surface area contributed by atoms with Gasteiger partial charge in [0.2, 0.25) is 0 Å². The monoisotopic (exact) mass is 352 g/mol. The summed E-state index contributed by atoms with van der Waals surface area (Å²) >= 11 is 0. The summed E-state index contributed by atoms with van der Waals surface area (Å²) in [6.07, 6.45) is 3.44. The average Bonchev–Trinajstić information content (AvgIpc) is 2.60. The molecule has 0 radical (unpaired) electrons. The zero-order chi connectivity index (χ0) is 18.9. The van der Waals surface area contributed by atoms with Gasteiger partial charge in [0.05, 0.1) is 0 Å². The predicted octanol–water partition coefficient (Wildman–Crippen LogP) is 3.58. The second kappa shape index (κ2) is 9.90. The van der Waals surface area contributed by atoms with Crippen molar-refractivity contribution >= 4 is 11.9 Å². The van der Waals surface area contributed by atoms with Gasteiger partial charge in [0.15, 0.2) is 5.78 Å². The first-order valence-corrected chi connectivity index (χ1v) is 8.78. The Kier molecular flexibility index (Phi) is 7.57. The van der Waals surface area contributed by atoms with Crippen LogP contribution in [0.4, 0.5) is 0 Å². The van der Waals surface area contributed by atoms with Crippen LogP contribution in [0.2, 0.25) is 0 Å². The Hall–Kier alpha value is -2.43. The van der Waals surface area contributed by atoms with Gasteiger partial charge >= 0.3 is 0 Å². The first kappa shape index (κ1) is 19.9. The van der Waals surface area contributed by atoms with Gasteiger partial charge in [-0.25, -0.2) is 0 Å². The topological polar surface area (TPSA) is 32.8 Å². The Morgan fingerprint density at radius 2 is 1.77 bits per heavy atom. The van der Waals surface area contributed by atoms with Crippen LogP contribution < -0.4 is 4.74 Å². The van der Waals surface area contributed by atoms with Crippen LogP contribution in [-0.2, 0) is 6.54 Å². The molecule has 0 aliphatic rings. The number of hydrogen-bond acceptors (Lipinski definition) is 4. The highest BCUT2D eigenvalue weighted by atomic mass is 16.5. The zero-order valence-electron chi connectivity index (χ0n) is 16.1. The van der Waals surface area contributed by atoms with Crippen LogP contribution in [0.3, 0.4) is 0 Å². The van der Waals surface area contributed by atoms with Gasteiger partial charge in [-0.3, -0.25) is 4.79 Å². The van der Waals surface area contributed by atoms with Gasteiger partial charge < -0.3 is 14.5 Å². The maximum Gasteiger partial charge on any atom is 0.185 e. The minimum atomic E-state index is -0.00583. The second-order valence-electron chi connectivity index (χ2n) is 6.83. The quantitative estimate of drug-likeness (QED) is 0.510. The number of ether oxygens (including phenoxy) is 1. The van der Waals surface area contributed by atoms with Gasteiger partial charge in [-0.15, -0.1) is 0 Å². The van der Waals surface area contributed by atoms with E-state index in [2.05, 4.69) is 9.80 Å². The van der Waals surface area contributed by atoms with Crippen molar-refractivity contribution < 1.29 is 9.53 Å². The van der Waals surface area contributed by atoms with E-state index >= 15 is 0 Å². The molecular formula is C22H28N2O2. The molecular weight excluding hydrogens is 324 g/mol. The van der Waals surface area contributed by atoms with Crippen molar-refractivity contribution in [3.05, 3.63) is 71.3 Å². The molecule has 4 heteroatoms. The molecule has 0 N–H and O–H groups in total. The largest absolute Gasteiger partial charge is 0.492 e. The van der Waals surface area contributed by atoms with Crippen molar-refractivity contribution in [3.63, 3.8) is 0 Å². The van der Waals surface area contributed by atoms with Gasteiger partial charge in [0.25, 0.3) is 0 Å². The smallest absolute Gasteiger partial charge is 0.185 e. The van der Waals surface area contributed by atoms with E-state index in [-0.39, 0.29) is 5.78 Å². The number of allylic oxidation sites excluding steroid dienone is 1. The molecule has 0 spiro atoms. The van der Waals surface area contributed by atoms with Crippen molar-refractivity contribution in [1.29, 1.82) is 0 Å². The third-order valence-corrected chi connectivity index (χ3v) is 3.84. The highest BCUT2D eigenvalue weighted by molar-refractivity contribution is 6.07. The van der Waals surface area contributed by atoms with E-state index in [4.69, 9.17) is 4.74 Å². The number of nitrogens with zero attached hydrogens (tertiary/aromatic N) is 2. The second-order valence-corrected chi connectivity index (χ2v) is 6.83. The molecule has 2 rings (SSSR count). The highest BCUT2D eigenvalue weighted by Crippen LogP contribution is 2.20. The van der Waals surface area contributed by atoms with E-state index in [1.165, 1.54) is 0 Å². The van der Waals surface area contributed by atoms with Crippen LogP contribution in [0.5, 0.6) is 5.75 Å². The Bertz CT molecular complexity index is 751. The number of likely N-dealkylation sites (N-methyl/N-ethyl adjacent to an activating group) is 1. The molecule has 0 unspecified atom stereocenters. The standard InChI is InChI=1S/C22H28N2O2/c1-23(2)14-15-26-22-11-6-5-9-19(22)12-13-21(25)20-10-7-8-18(16-20)17-24(3)4/h5-13,16H,14-15,17H2,1-4H3. The molecule has 26 heavy (non-hydrogen) atoms. The normalized spacial score (nSPS) is 11.5. The van der Waals surface area contributed by atoms with Gasteiger partial charge in [0, 0.05) is 24.2 Å². The predicted molar refractivity (Wildman–Crippen MR) is 108 cm³/mol. The lowest BCUT2D eigenvalue weighted by molar-refractivity contribution is 0.104. The summed E-state index contributed by atoms with van der Waals surface area (Å²) in [5.41, 5.74) is 2.73. The van der Waals surface area contributed by atoms with E-state index in [0.29, 0.717) is 12.2 Å². The maximum atomic E-state index is 12.5. The number of carbonyl (C=O) groups is 1. The molecule has 0 heterocycles. The van der Waals surface area contributed by atoms with Crippen LogP contribution >= 0.6 is 0 Å². The summed E-state index contributed by atoms with van der Waals surface area (Å²) in [5, 5.41) is 0. The Labute approximate surface area is 156 Å². The van der Waals surface area contributed by atoms with Crippen molar-refractivity contribution in [2.24, 2.45) is 0 Å². The van der Waals surface area contributed by atoms with Crippen LogP contribution in [0.1, 0.15) is 21.5 Å². The number of hydrogen-bond donors (Lipinski definition) is 0. The first-order valence-electron chi connectivity index (χ1n) is 8.78. The highest BCUT2D eigenvalue weighted by Gasteiger charge is 2.05. The van der Waals surface area contributed by atoms with Crippen LogP contribution in [0, 0.1) is 0 Å². The van der Waals surface area contributed by atoms with E-state index in [0.717, 1.165) is 30.0 Å². The fourth-order valence-corrected chi connectivity index (χ4v) is 2.54. The molecule has 2 aromatic rings. The molecule has 4 nitrogen and oxygen atoms in total. The summed E-state index contributed by atoms with van der Waals surface area (Å²) in [6, 6.07) is 15.5. The van der Waals surface area contributed by atoms with E-state index in [1.54, 1.807) is 6.08 Å². The maximum absolute atomic E-state index is 12.5. The third-order valence-electron chi connectivity index (χ3n) is 3.84. The van der Waals surface area contributed by atoms with E-state index in [1.807, 2.05) is 82.8 Å². The van der Waals surface area contributed by atoms with Crippen molar-refractivity contribution in [3.8, 4) is 5.75 Å². The number of para-hydroxylation sites is 1. The van der Waals surface area contributed by atoms with Gasteiger partial charge in [0.1, 0.15) is 12.4 Å². The van der Waals surface area contributed by atoms with Crippen molar-refractivity contribution in [1.82, 2.24) is 9.80 Å². The van der Waals surface area contributed by atoms with Gasteiger partial charge in [-0.05, 0) is 58.0 Å². The summed E-state index contributed by atoms with van der Waals surface area (Å²) in [7, 11) is 8.06. The Morgan fingerprint density at radius 3 is 2.50 bits per heavy atom. The third kappa shape index (κ3) is 6.47. The molecule has 0 aromatic heterocycles. The summed E-state index contributed by atoms with van der Waals surface area (Å²) in [4.78, 5) is 16.7. The molecule has 0 saturated heterocycles. The fraction of sp³-hybridized carbons (Fsp3) is 0.318. The van der Waals surface area contributed by atoms with Gasteiger partial charge in [-0.2, -0.15) is 0 Å². The molecule has 0 atom stereocenters. The first-order chi connectivity index (χ1) is 12.5. The van der Waals surface area contributed by atoms with Crippen LogP contribution in [0.25, 0.3) is 6.08 Å². The fourth-order valence-electron chi connectivity index (χ4n) is 2.54. The molecule has 2 aromatic carbocycles. The zero-order valence-corrected chi connectivity index (χ0v) is 16.1. The number of carbonyl (C=O) groups excluding carboxylic acids is 1. The molecule has 0 saturated carbocycles. The number of rotatable bonds is 9. The Balaban J connectivity index is 2.08. The minimum Gasteiger partial charge on any atom is -0.492 e. The molecule has 0 aliphatic heterocycles. The Morgan fingerprint density at radius 1 is 1.00 bits per heavy atom. The SMILES string of the molecule is CN(C)CCOc1ccccc1C=CC(=O)c1cccc(CN(C)C)c1. The molecule has 0 amide bonds. The van der Waals surface area contributed by atoms with Crippen LogP contribution in [-0.4, -0.2) is 56.9 Å². The molecule has 0 aliphatic carbocycles. The minimum absolute atomic E-state index is 0.00583.